The van der Waals surface area contributed by atoms with E-state index in [9.17, 15) is 4.79 Å². The van der Waals surface area contributed by atoms with Crippen LogP contribution in [0.5, 0.6) is 0 Å². The monoisotopic (exact) mass is 286 g/mol. The van der Waals surface area contributed by atoms with E-state index in [1.807, 2.05) is 37.3 Å². The molecule has 114 valence electrons. The van der Waals surface area contributed by atoms with E-state index >= 15 is 0 Å². The molecule has 21 heavy (non-hydrogen) atoms. The number of rotatable bonds is 6. The third-order valence-electron chi connectivity index (χ3n) is 5.05. The maximum atomic E-state index is 13.0. The van der Waals surface area contributed by atoms with Crippen LogP contribution >= 0.6 is 0 Å². The number of benzene rings is 1. The van der Waals surface area contributed by atoms with Crippen LogP contribution in [0.4, 0.5) is 0 Å². The standard InChI is InChI=1S/C18H26N2O/c1-12(17(19)15-6-4-3-5-7-15)18(21)20(16-10-11-16)13(2)14-8-9-14/h3-7,12-14,16-17H,8-11,19H2,1-2H3/t12-,13-,17+/m0/s1. The van der Waals surface area contributed by atoms with E-state index in [-0.39, 0.29) is 17.9 Å². The van der Waals surface area contributed by atoms with Crippen LogP contribution in [-0.4, -0.2) is 22.9 Å². The van der Waals surface area contributed by atoms with Crippen molar-refractivity contribution in [2.24, 2.45) is 17.6 Å². The van der Waals surface area contributed by atoms with Crippen LogP contribution in [-0.2, 0) is 4.79 Å². The van der Waals surface area contributed by atoms with Crippen molar-refractivity contribution in [3.8, 4) is 0 Å². The van der Waals surface area contributed by atoms with Crippen LogP contribution < -0.4 is 5.73 Å². The van der Waals surface area contributed by atoms with Crippen LogP contribution in [0.3, 0.4) is 0 Å². The van der Waals surface area contributed by atoms with Crippen LogP contribution in [0.25, 0.3) is 0 Å². The molecule has 0 bridgehead atoms. The quantitative estimate of drug-likeness (QED) is 0.873. The lowest BCUT2D eigenvalue weighted by atomic mass is 9.93. The Bertz CT molecular complexity index is 493. The summed E-state index contributed by atoms with van der Waals surface area (Å²) in [5.41, 5.74) is 7.39. The number of nitrogens with zero attached hydrogens (tertiary/aromatic N) is 1. The molecule has 0 saturated heterocycles. The van der Waals surface area contributed by atoms with E-state index in [0.29, 0.717) is 12.1 Å². The van der Waals surface area contributed by atoms with Gasteiger partial charge in [-0.25, -0.2) is 0 Å². The molecular formula is C18H26N2O. The van der Waals surface area contributed by atoms with E-state index in [1.165, 1.54) is 12.8 Å². The van der Waals surface area contributed by atoms with E-state index in [2.05, 4.69) is 11.8 Å². The summed E-state index contributed by atoms with van der Waals surface area (Å²) in [5, 5.41) is 0. The highest BCUT2D eigenvalue weighted by Crippen LogP contribution is 2.41. The van der Waals surface area contributed by atoms with Gasteiger partial charge in [-0.15, -0.1) is 0 Å². The average molecular weight is 286 g/mol. The number of carbonyl (C=O) groups excluding carboxylic acids is 1. The van der Waals surface area contributed by atoms with Crippen molar-refractivity contribution >= 4 is 5.91 Å². The maximum Gasteiger partial charge on any atom is 0.227 e. The molecule has 1 aromatic rings. The van der Waals surface area contributed by atoms with Crippen molar-refractivity contribution in [3.63, 3.8) is 0 Å². The van der Waals surface area contributed by atoms with Gasteiger partial charge in [0.05, 0.1) is 5.92 Å². The molecule has 1 aromatic carbocycles. The third-order valence-corrected chi connectivity index (χ3v) is 5.05. The van der Waals surface area contributed by atoms with Gasteiger partial charge in [0.1, 0.15) is 0 Å². The number of hydrogen-bond donors (Lipinski definition) is 1. The molecule has 2 fully saturated rings. The minimum atomic E-state index is -0.216. The highest BCUT2D eigenvalue weighted by molar-refractivity contribution is 5.80. The summed E-state index contributed by atoms with van der Waals surface area (Å²) in [6.07, 6.45) is 4.87. The summed E-state index contributed by atoms with van der Waals surface area (Å²) in [5.74, 6) is 0.803. The molecule has 2 N–H and O–H groups in total. The van der Waals surface area contributed by atoms with Crippen molar-refractivity contribution < 1.29 is 4.79 Å². The van der Waals surface area contributed by atoms with Crippen molar-refractivity contribution in [1.29, 1.82) is 0 Å². The summed E-state index contributed by atoms with van der Waals surface area (Å²) in [6, 6.07) is 10.6. The van der Waals surface area contributed by atoms with E-state index in [0.717, 1.165) is 24.3 Å². The zero-order valence-corrected chi connectivity index (χ0v) is 13.0. The van der Waals surface area contributed by atoms with Gasteiger partial charge in [0.25, 0.3) is 0 Å². The van der Waals surface area contributed by atoms with Crippen LogP contribution in [0.2, 0.25) is 0 Å². The Morgan fingerprint density at radius 2 is 1.76 bits per heavy atom. The molecule has 1 amide bonds. The molecule has 0 spiro atoms. The van der Waals surface area contributed by atoms with Gasteiger partial charge in [0, 0.05) is 18.1 Å². The van der Waals surface area contributed by atoms with Gasteiger partial charge in [-0.1, -0.05) is 37.3 Å². The Kier molecular flexibility index (Phi) is 4.03. The van der Waals surface area contributed by atoms with E-state index < -0.39 is 0 Å². The summed E-state index contributed by atoms with van der Waals surface area (Å²) in [6.45, 7) is 4.20. The zero-order chi connectivity index (χ0) is 15.0. The number of hydrogen-bond acceptors (Lipinski definition) is 2. The van der Waals surface area contributed by atoms with Gasteiger partial charge in [0.15, 0.2) is 0 Å². The molecule has 2 saturated carbocycles. The molecule has 3 heteroatoms. The molecule has 0 aromatic heterocycles. The molecule has 2 aliphatic carbocycles. The fraction of sp³-hybridized carbons (Fsp3) is 0.611. The Hall–Kier alpha value is -1.35. The van der Waals surface area contributed by atoms with Gasteiger partial charge in [-0.2, -0.15) is 0 Å². The number of amides is 1. The molecule has 0 radical (unpaired) electrons. The molecule has 3 atom stereocenters. The van der Waals surface area contributed by atoms with Crippen molar-refractivity contribution in [2.75, 3.05) is 0 Å². The average Bonchev–Trinajstić information content (AvgIpc) is 3.39. The van der Waals surface area contributed by atoms with E-state index in [4.69, 9.17) is 5.73 Å². The first-order valence-corrected chi connectivity index (χ1v) is 8.22. The molecule has 3 nitrogen and oxygen atoms in total. The Morgan fingerprint density at radius 1 is 1.14 bits per heavy atom. The maximum absolute atomic E-state index is 13.0. The minimum absolute atomic E-state index is 0.158. The Morgan fingerprint density at radius 3 is 2.29 bits per heavy atom. The minimum Gasteiger partial charge on any atom is -0.336 e. The third kappa shape index (κ3) is 3.13. The zero-order valence-electron chi connectivity index (χ0n) is 13.0. The molecular weight excluding hydrogens is 260 g/mol. The number of nitrogens with two attached hydrogens (primary N) is 1. The number of carbonyl (C=O) groups is 1. The van der Waals surface area contributed by atoms with Crippen molar-refractivity contribution in [2.45, 2.75) is 57.7 Å². The van der Waals surface area contributed by atoms with E-state index in [1.54, 1.807) is 0 Å². The molecule has 0 unspecified atom stereocenters. The molecule has 2 aliphatic rings. The lowest BCUT2D eigenvalue weighted by molar-refractivity contribution is -0.139. The predicted molar refractivity (Wildman–Crippen MR) is 84.6 cm³/mol. The second-order valence-corrected chi connectivity index (χ2v) is 6.78. The molecule has 0 heterocycles. The Labute approximate surface area is 127 Å². The fourth-order valence-corrected chi connectivity index (χ4v) is 3.22. The van der Waals surface area contributed by atoms with Crippen LogP contribution in [0.15, 0.2) is 30.3 Å². The molecule has 3 rings (SSSR count). The van der Waals surface area contributed by atoms with Crippen molar-refractivity contribution in [3.05, 3.63) is 35.9 Å². The Balaban J connectivity index is 1.72. The summed E-state index contributed by atoms with van der Waals surface area (Å²) in [7, 11) is 0. The second kappa shape index (κ2) is 5.80. The first-order valence-electron chi connectivity index (χ1n) is 8.22. The van der Waals surface area contributed by atoms with Gasteiger partial charge < -0.3 is 10.6 Å². The second-order valence-electron chi connectivity index (χ2n) is 6.78. The summed E-state index contributed by atoms with van der Waals surface area (Å²) < 4.78 is 0. The molecule has 0 aliphatic heterocycles. The van der Waals surface area contributed by atoms with Crippen LogP contribution in [0.1, 0.15) is 51.1 Å². The highest BCUT2D eigenvalue weighted by atomic mass is 16.2. The smallest absolute Gasteiger partial charge is 0.227 e. The van der Waals surface area contributed by atoms with Crippen LogP contribution in [0, 0.1) is 11.8 Å². The lowest BCUT2D eigenvalue weighted by Crippen LogP contribution is -2.46. The SMILES string of the molecule is C[C@H](C(=O)N(C1CC1)[C@@H](C)C1CC1)[C@@H](N)c1ccccc1. The van der Waals surface area contributed by atoms with Gasteiger partial charge >= 0.3 is 0 Å². The first kappa shape index (κ1) is 14.6. The predicted octanol–water partition coefficient (Wildman–Crippen LogP) is 3.11. The lowest BCUT2D eigenvalue weighted by Gasteiger charge is -2.33. The summed E-state index contributed by atoms with van der Waals surface area (Å²) >= 11 is 0. The van der Waals surface area contributed by atoms with Gasteiger partial charge in [-0.3, -0.25) is 4.79 Å². The largest absolute Gasteiger partial charge is 0.336 e. The highest BCUT2D eigenvalue weighted by Gasteiger charge is 2.43. The van der Waals surface area contributed by atoms with Gasteiger partial charge in [0.2, 0.25) is 5.91 Å². The topological polar surface area (TPSA) is 46.3 Å². The van der Waals surface area contributed by atoms with Gasteiger partial charge in [-0.05, 0) is 44.1 Å². The van der Waals surface area contributed by atoms with Crippen molar-refractivity contribution in [1.82, 2.24) is 4.90 Å². The first-order chi connectivity index (χ1) is 10.1. The fourth-order valence-electron chi connectivity index (χ4n) is 3.22. The normalized spacial score (nSPS) is 22.4. The summed E-state index contributed by atoms with van der Waals surface area (Å²) in [4.78, 5) is 15.1.